The minimum atomic E-state index is -5.57. The Bertz CT molecular complexity index is 5650. The average molecular weight is 1530 g/mol. The van der Waals surface area contributed by atoms with Crippen molar-refractivity contribution < 1.29 is 135 Å². The molecule has 0 radical (unpaired) electrons. The fourth-order valence-corrected chi connectivity index (χ4v) is 16.7. The third kappa shape index (κ3) is 15.9. The third-order valence-corrected chi connectivity index (χ3v) is 23.1. The zero-order valence-corrected chi connectivity index (χ0v) is 55.3. The maximum atomic E-state index is 13.9. The molecule has 0 bridgehead atoms. The number of benzene rings is 8. The maximum absolute atomic E-state index is 13.9. The molecule has 0 fully saturated rings. The Morgan fingerprint density at radius 1 is 0.292 bits per heavy atom. The summed E-state index contributed by atoms with van der Waals surface area (Å²) in [5.41, 5.74) is -5.05. The normalized spacial score (nSPS) is 13.0. The second-order valence-corrected chi connectivity index (χ2v) is 34.3. The molecule has 0 aromatic heterocycles. The molecule has 14 N–H and O–H groups in total. The Morgan fingerprint density at radius 2 is 0.594 bits per heavy atom. The van der Waals surface area contributed by atoms with Crippen molar-refractivity contribution in [2.24, 2.45) is 0 Å². The molecule has 0 heterocycles. The van der Waals surface area contributed by atoms with Gasteiger partial charge >= 0.3 is 6.03 Å². The van der Waals surface area contributed by atoms with E-state index in [0.717, 1.165) is 48.5 Å². The lowest BCUT2D eigenvalue weighted by Crippen LogP contribution is -2.42. The summed E-state index contributed by atoms with van der Waals surface area (Å²) < 4.78 is 337. The Labute approximate surface area is 542 Å². The van der Waals surface area contributed by atoms with Crippen LogP contribution >= 0.6 is 0 Å². The number of rotatable bonds is 20. The first-order valence-corrected chi connectivity index (χ1v) is 39.4. The highest BCUT2D eigenvalue weighted by Gasteiger charge is 2.32. The van der Waals surface area contributed by atoms with Gasteiger partial charge in [0.15, 0.2) is 0 Å². The number of hydrogen-bond donors (Lipinski definition) is 14. The maximum Gasteiger partial charge on any atom is 0.328 e. The molecule has 96 heavy (non-hydrogen) atoms. The zero-order valence-electron chi connectivity index (χ0n) is 47.1. The topological polar surface area (TPSA) is 627 Å². The van der Waals surface area contributed by atoms with Crippen LogP contribution in [0.15, 0.2) is 170 Å². The second kappa shape index (κ2) is 25.0. The first-order chi connectivity index (χ1) is 43.7. The smallest absolute Gasteiger partial charge is 0.328 e. The van der Waals surface area contributed by atoms with E-state index >= 15 is 0 Å². The van der Waals surface area contributed by atoms with Crippen LogP contribution in [0.4, 0.5) is 38.9 Å². The van der Waals surface area contributed by atoms with Crippen LogP contribution in [0, 0.1) is 13.8 Å². The van der Waals surface area contributed by atoms with Gasteiger partial charge in [0.25, 0.3) is 113 Å². The molecule has 0 saturated carbocycles. The van der Waals surface area contributed by atoms with Crippen LogP contribution in [0.2, 0.25) is 0 Å². The van der Waals surface area contributed by atoms with Crippen molar-refractivity contribution in [1.82, 2.24) is 10.6 Å². The van der Waals surface area contributed by atoms with Gasteiger partial charge < -0.3 is 10.6 Å². The minimum Gasteiger partial charge on any atom is -0.355 e. The van der Waals surface area contributed by atoms with E-state index in [4.69, 9.17) is 0 Å². The highest BCUT2D eigenvalue weighted by molar-refractivity contribution is 7.93. The van der Waals surface area contributed by atoms with Gasteiger partial charge in [-0.05, 0) is 134 Å². The van der Waals surface area contributed by atoms with Gasteiger partial charge in [-0.15, -0.1) is 0 Å². The highest BCUT2D eigenvalue weighted by atomic mass is 32.3. The molecule has 512 valence electrons. The van der Waals surface area contributed by atoms with E-state index in [1.165, 1.54) is 13.8 Å². The molecule has 37 nitrogen and oxygen atoms in total. The summed E-state index contributed by atoms with van der Waals surface area (Å²) in [5, 5.41) is 4.86. The van der Waals surface area contributed by atoms with Gasteiger partial charge in [-0.25, -0.2) is 21.6 Å². The number of aryl methyl sites for hydroxylation is 2. The summed E-state index contributed by atoms with van der Waals surface area (Å²) in [7, 11) is -53.7. The molecule has 0 saturated heterocycles. The molecule has 0 aliphatic carbocycles. The van der Waals surface area contributed by atoms with Crippen molar-refractivity contribution in [3.8, 4) is 0 Å². The van der Waals surface area contributed by atoms with Crippen LogP contribution in [0.5, 0.6) is 0 Å². The molecule has 8 aromatic rings. The Morgan fingerprint density at radius 3 is 0.885 bits per heavy atom. The fraction of sp³-hybridized carbons (Fsp3) is 0.0408. The van der Waals surface area contributed by atoms with Gasteiger partial charge in [-0.1, -0.05) is 12.1 Å². The lowest BCUT2D eigenvalue weighted by molar-refractivity contribution is 0.0943. The first kappa shape index (κ1) is 73.1. The molecule has 8 rings (SSSR count). The number of carbonyl (C=O) groups excluding carboxylic acids is 3. The van der Waals surface area contributed by atoms with Crippen LogP contribution in [-0.4, -0.2) is 138 Å². The Hall–Kier alpha value is -8.73. The van der Waals surface area contributed by atoms with Gasteiger partial charge in [0.05, 0.1) is 31.0 Å². The quantitative estimate of drug-likeness (QED) is 0.0480. The van der Waals surface area contributed by atoms with Crippen LogP contribution in [0.1, 0.15) is 31.8 Å². The fourth-order valence-electron chi connectivity index (χ4n) is 8.96. The predicted octanol–water partition coefficient (Wildman–Crippen LogP) is 3.95. The van der Waals surface area contributed by atoms with E-state index in [2.05, 4.69) is 10.6 Å². The molecule has 0 atom stereocenters. The summed E-state index contributed by atoms with van der Waals surface area (Å²) in [6.45, 7) is 2.67. The van der Waals surface area contributed by atoms with E-state index in [1.54, 1.807) is 10.6 Å². The van der Waals surface area contributed by atoms with Crippen LogP contribution in [-0.2, 0) is 101 Å². The first-order valence-electron chi connectivity index (χ1n) is 24.9. The molecule has 47 heteroatoms. The van der Waals surface area contributed by atoms with Crippen LogP contribution in [0.3, 0.4) is 0 Å². The van der Waals surface area contributed by atoms with Crippen molar-refractivity contribution in [3.63, 3.8) is 0 Å². The van der Waals surface area contributed by atoms with E-state index in [0.29, 0.717) is 60.7 Å². The number of sulfonamides is 2. The number of amides is 4. The van der Waals surface area contributed by atoms with E-state index < -0.39 is 223 Å². The summed E-state index contributed by atoms with van der Waals surface area (Å²) in [6.07, 6.45) is 0. The number of imide groups is 2. The molecular formula is C49H40N6O31S10. The number of urea groups is 1. The van der Waals surface area contributed by atoms with Crippen LogP contribution < -0.4 is 30.7 Å². The molecular weight excluding hydrogens is 1490 g/mol. The largest absolute Gasteiger partial charge is 0.355 e. The highest BCUT2D eigenvalue weighted by Crippen LogP contribution is 2.42. The third-order valence-electron chi connectivity index (χ3n) is 13.3. The molecule has 0 unspecified atom stereocenters. The van der Waals surface area contributed by atoms with Gasteiger partial charge in [0.2, 0.25) is 0 Å². The Balaban J connectivity index is 1.01. The zero-order chi connectivity index (χ0) is 72.0. The number of fused-ring (bicyclic) bond motifs is 2. The standard InChI is InChI=1S/C49H40N6O31S10/c1-23-3-7-27(19-37(23)50-35-11-13-39(91(69,70)71)31-17-29(89(63,64)65)21-43(45(31)35)95(81,82)83)87(59,60)54-33-9-5-25(15-41(33)93(75,76)77)47(56)52-49(58)53-48(57)26-6-10-34(42(16-26)94(78,79)80)55-88(61,62)28-8-4-24(2)38(20-28)51-36-12-14-40(92(72,73)74)32-18-30(90(66,67)68)22-44(46(32)36)96(84,85)86/h3-22,50-51,54-55H,1-2H3,(H,63,64,65)(H,66,67,68)(H,69,70,71)(H,72,73,74)(H,75,76,77)(H,78,79,80)(H,81,82,83)(H,84,85,86)(H2,52,53,56,57,58). The number of hydrogen-bond acceptors (Lipinski definition) is 25. The van der Waals surface area contributed by atoms with Gasteiger partial charge in [0.1, 0.15) is 29.4 Å². The van der Waals surface area contributed by atoms with E-state index in [1.807, 2.05) is 9.44 Å². The minimum absolute atomic E-state index is 0.114. The SMILES string of the molecule is Cc1ccc(S(=O)(=O)Nc2ccc(C(=O)NC(=O)NC(=O)c3ccc(NS(=O)(=O)c4ccc(C)c(Nc5ccc(S(=O)(=O)O)c6cc(S(=O)(=O)O)cc(S(=O)(=O)O)c56)c4)c(S(=O)(=O)O)c3)cc2S(=O)(=O)O)cc1Nc1ccc(S(=O)(=O)O)c2cc(S(=O)(=O)O)cc(S(=O)(=O)O)c12. The summed E-state index contributed by atoms with van der Waals surface area (Å²) in [5.74, 6) is -3.17. The number of nitrogens with one attached hydrogen (secondary N) is 6. The molecule has 8 aromatic carbocycles. The van der Waals surface area contributed by atoms with E-state index in [-0.39, 0.29) is 34.6 Å². The van der Waals surface area contributed by atoms with Crippen molar-refractivity contribution in [2.75, 3.05) is 20.1 Å². The summed E-state index contributed by atoms with van der Waals surface area (Å²) in [4.78, 5) is 27.8. The van der Waals surface area contributed by atoms with Crippen molar-refractivity contribution in [1.29, 1.82) is 0 Å². The molecule has 0 aliphatic heterocycles. The van der Waals surface area contributed by atoms with Gasteiger partial charge in [0, 0.05) is 55.4 Å². The molecule has 0 spiro atoms. The van der Waals surface area contributed by atoms with E-state index in [9.17, 15) is 135 Å². The number of anilines is 6. The van der Waals surface area contributed by atoms with Crippen molar-refractivity contribution >= 4 is 175 Å². The lowest BCUT2D eigenvalue weighted by Gasteiger charge is -2.18. The summed E-state index contributed by atoms with van der Waals surface area (Å²) >= 11 is 0. The van der Waals surface area contributed by atoms with Gasteiger partial charge in [-0.2, -0.15) is 67.3 Å². The average Bonchev–Trinajstić information content (AvgIpc) is 0.741. The van der Waals surface area contributed by atoms with Crippen molar-refractivity contribution in [3.05, 3.63) is 144 Å². The number of carbonyl (C=O) groups is 3. The monoisotopic (exact) mass is 1530 g/mol. The van der Waals surface area contributed by atoms with Crippen molar-refractivity contribution in [2.45, 2.75) is 62.8 Å². The second-order valence-electron chi connectivity index (χ2n) is 19.8. The Kier molecular flexibility index (Phi) is 19.1. The van der Waals surface area contributed by atoms with Gasteiger partial charge in [-0.3, -0.25) is 66.1 Å². The molecule has 4 amide bonds. The van der Waals surface area contributed by atoms with Crippen LogP contribution in [0.25, 0.3) is 21.5 Å². The predicted molar refractivity (Wildman–Crippen MR) is 330 cm³/mol. The summed E-state index contributed by atoms with van der Waals surface area (Å²) in [6, 6.07) is 11.4. The lowest BCUT2D eigenvalue weighted by atomic mass is 10.1. The molecule has 0 aliphatic rings.